The van der Waals surface area contributed by atoms with Gasteiger partial charge in [0, 0.05) is 19.0 Å². The van der Waals surface area contributed by atoms with Gasteiger partial charge in [-0.1, -0.05) is 6.92 Å². The molecule has 1 aliphatic rings. The molecule has 2 rings (SSSR count). The van der Waals surface area contributed by atoms with E-state index in [1.807, 2.05) is 29.2 Å². The van der Waals surface area contributed by atoms with Crippen LogP contribution in [0.3, 0.4) is 0 Å². The molecule has 0 N–H and O–H groups in total. The number of hydrogen-bond acceptors (Lipinski definition) is 5. The fraction of sp³-hybridized carbons (Fsp3) is 0.619. The third-order valence-electron chi connectivity index (χ3n) is 4.89. The first kappa shape index (κ1) is 21.1. The Morgan fingerprint density at radius 2 is 1.89 bits per heavy atom. The lowest BCUT2D eigenvalue weighted by Gasteiger charge is -2.36. The first-order chi connectivity index (χ1) is 13.0. The maximum atomic E-state index is 12.6. The van der Waals surface area contributed by atoms with E-state index < -0.39 is 6.10 Å². The van der Waals surface area contributed by atoms with E-state index in [4.69, 9.17) is 14.2 Å². The van der Waals surface area contributed by atoms with Gasteiger partial charge in [-0.2, -0.15) is 0 Å². The number of ether oxygens (including phenoxy) is 3. The molecule has 0 aromatic heterocycles. The molecule has 0 aliphatic carbocycles. The molecule has 2 unspecified atom stereocenters. The quantitative estimate of drug-likeness (QED) is 0.486. The number of likely N-dealkylation sites (tertiary alicyclic amines) is 1. The number of piperidine rings is 1. The van der Waals surface area contributed by atoms with Crippen LogP contribution in [0.15, 0.2) is 24.3 Å². The average Bonchev–Trinajstić information content (AvgIpc) is 2.71. The Hall–Kier alpha value is -2.24. The minimum atomic E-state index is -0.729. The molecule has 150 valence electrons. The van der Waals surface area contributed by atoms with Crippen molar-refractivity contribution in [2.45, 2.75) is 64.5 Å². The van der Waals surface area contributed by atoms with Crippen molar-refractivity contribution in [1.82, 2.24) is 4.90 Å². The number of methoxy groups -OCH3 is 1. The summed E-state index contributed by atoms with van der Waals surface area (Å²) in [7, 11) is 1.61. The van der Waals surface area contributed by atoms with Gasteiger partial charge in [-0.25, -0.2) is 0 Å². The number of rotatable bonds is 9. The van der Waals surface area contributed by atoms with Crippen LogP contribution >= 0.6 is 0 Å². The summed E-state index contributed by atoms with van der Waals surface area (Å²) in [5.74, 6) is 1.05. The summed E-state index contributed by atoms with van der Waals surface area (Å²) in [6, 6.07) is 7.55. The second-order valence-electron chi connectivity index (χ2n) is 6.85. The monoisotopic (exact) mass is 377 g/mol. The van der Waals surface area contributed by atoms with Crippen LogP contribution in [-0.2, 0) is 14.3 Å². The van der Waals surface area contributed by atoms with Crippen LogP contribution in [0.25, 0.3) is 0 Å². The normalized spacial score (nSPS) is 17.9. The van der Waals surface area contributed by atoms with Crippen LogP contribution in [0.5, 0.6) is 11.5 Å². The number of hydrogen-bond donors (Lipinski definition) is 0. The first-order valence-corrected chi connectivity index (χ1v) is 9.82. The second kappa shape index (κ2) is 10.8. The van der Waals surface area contributed by atoms with Gasteiger partial charge >= 0.3 is 5.97 Å². The van der Waals surface area contributed by atoms with E-state index in [9.17, 15) is 9.59 Å². The number of carbonyl (C=O) groups is 2. The van der Waals surface area contributed by atoms with Gasteiger partial charge in [0.2, 0.25) is 0 Å². The highest BCUT2D eigenvalue weighted by Gasteiger charge is 2.30. The molecule has 0 radical (unpaired) electrons. The lowest BCUT2D eigenvalue weighted by atomic mass is 9.99. The van der Waals surface area contributed by atoms with Crippen molar-refractivity contribution in [1.29, 1.82) is 0 Å². The van der Waals surface area contributed by atoms with Crippen LogP contribution in [-0.4, -0.2) is 49.2 Å². The number of esters is 1. The SMILES string of the molecule is CCC1CCCCN1C(=O)C(C)OC(=O)CCCOc1ccc(OC)cc1. The molecule has 6 heteroatoms. The van der Waals surface area contributed by atoms with Crippen molar-refractivity contribution in [3.8, 4) is 11.5 Å². The molecule has 1 amide bonds. The highest BCUT2D eigenvalue weighted by Crippen LogP contribution is 2.21. The lowest BCUT2D eigenvalue weighted by molar-refractivity contribution is -0.161. The molecule has 6 nitrogen and oxygen atoms in total. The highest BCUT2D eigenvalue weighted by atomic mass is 16.5. The van der Waals surface area contributed by atoms with Crippen LogP contribution in [0.4, 0.5) is 0 Å². The molecule has 27 heavy (non-hydrogen) atoms. The smallest absolute Gasteiger partial charge is 0.306 e. The van der Waals surface area contributed by atoms with Gasteiger partial charge in [0.25, 0.3) is 5.91 Å². The van der Waals surface area contributed by atoms with E-state index in [2.05, 4.69) is 6.92 Å². The van der Waals surface area contributed by atoms with Crippen molar-refractivity contribution in [2.24, 2.45) is 0 Å². The van der Waals surface area contributed by atoms with E-state index in [0.717, 1.165) is 43.7 Å². The van der Waals surface area contributed by atoms with Crippen LogP contribution in [0, 0.1) is 0 Å². The van der Waals surface area contributed by atoms with Gasteiger partial charge in [-0.05, 0) is 63.3 Å². The van der Waals surface area contributed by atoms with Gasteiger partial charge in [0.1, 0.15) is 11.5 Å². The Morgan fingerprint density at radius 3 is 2.56 bits per heavy atom. The molecule has 1 fully saturated rings. The van der Waals surface area contributed by atoms with E-state index >= 15 is 0 Å². The fourth-order valence-corrected chi connectivity index (χ4v) is 3.33. The van der Waals surface area contributed by atoms with Crippen molar-refractivity contribution < 1.29 is 23.8 Å². The maximum absolute atomic E-state index is 12.6. The highest BCUT2D eigenvalue weighted by molar-refractivity contribution is 5.83. The molecule has 0 bridgehead atoms. The minimum absolute atomic E-state index is 0.0793. The lowest BCUT2D eigenvalue weighted by Crippen LogP contribution is -2.48. The second-order valence-corrected chi connectivity index (χ2v) is 6.85. The van der Waals surface area contributed by atoms with E-state index in [0.29, 0.717) is 13.0 Å². The Kier molecular flexibility index (Phi) is 8.43. The van der Waals surface area contributed by atoms with E-state index in [1.165, 1.54) is 0 Å². The summed E-state index contributed by atoms with van der Waals surface area (Å²) in [6.07, 6.45) is 4.18. The summed E-state index contributed by atoms with van der Waals surface area (Å²) >= 11 is 0. The Morgan fingerprint density at radius 1 is 1.19 bits per heavy atom. The predicted octanol–water partition coefficient (Wildman–Crippen LogP) is 3.58. The molecular weight excluding hydrogens is 346 g/mol. The van der Waals surface area contributed by atoms with Crippen LogP contribution in [0.2, 0.25) is 0 Å². The molecule has 0 saturated carbocycles. The molecule has 0 spiro atoms. The third-order valence-corrected chi connectivity index (χ3v) is 4.89. The summed E-state index contributed by atoms with van der Waals surface area (Å²) in [5.41, 5.74) is 0. The molecule has 1 aromatic rings. The summed E-state index contributed by atoms with van der Waals surface area (Å²) in [4.78, 5) is 26.5. The molecule has 1 heterocycles. The van der Waals surface area contributed by atoms with Crippen molar-refractivity contribution in [3.63, 3.8) is 0 Å². The summed E-state index contributed by atoms with van der Waals surface area (Å²) < 4.78 is 16.0. The minimum Gasteiger partial charge on any atom is -0.497 e. The van der Waals surface area contributed by atoms with E-state index in [-0.39, 0.29) is 24.3 Å². The number of benzene rings is 1. The molecular formula is C21H31NO5. The van der Waals surface area contributed by atoms with E-state index in [1.54, 1.807) is 14.0 Å². The number of amides is 1. The molecule has 1 aliphatic heterocycles. The van der Waals surface area contributed by atoms with Crippen molar-refractivity contribution >= 4 is 11.9 Å². The Balaban J connectivity index is 1.68. The first-order valence-electron chi connectivity index (χ1n) is 9.82. The average molecular weight is 377 g/mol. The molecule has 1 saturated heterocycles. The zero-order valence-electron chi connectivity index (χ0n) is 16.6. The zero-order chi connectivity index (χ0) is 19.6. The van der Waals surface area contributed by atoms with Gasteiger partial charge in [-0.15, -0.1) is 0 Å². The zero-order valence-corrected chi connectivity index (χ0v) is 16.6. The fourth-order valence-electron chi connectivity index (χ4n) is 3.33. The number of nitrogens with zero attached hydrogens (tertiary/aromatic N) is 1. The van der Waals surface area contributed by atoms with Gasteiger partial charge in [0.05, 0.1) is 13.7 Å². The van der Waals surface area contributed by atoms with Crippen LogP contribution in [0.1, 0.15) is 52.4 Å². The largest absolute Gasteiger partial charge is 0.497 e. The molecule has 2 atom stereocenters. The Labute approximate surface area is 161 Å². The number of carbonyl (C=O) groups excluding carboxylic acids is 2. The van der Waals surface area contributed by atoms with Crippen molar-refractivity contribution in [2.75, 3.05) is 20.3 Å². The predicted molar refractivity (Wildman–Crippen MR) is 103 cm³/mol. The third kappa shape index (κ3) is 6.45. The maximum Gasteiger partial charge on any atom is 0.306 e. The van der Waals surface area contributed by atoms with Crippen molar-refractivity contribution in [3.05, 3.63) is 24.3 Å². The van der Waals surface area contributed by atoms with Gasteiger partial charge < -0.3 is 19.1 Å². The van der Waals surface area contributed by atoms with Gasteiger partial charge in [0.15, 0.2) is 6.10 Å². The summed E-state index contributed by atoms with van der Waals surface area (Å²) in [6.45, 7) is 4.92. The standard InChI is InChI=1S/C21H31NO5/c1-4-17-8-5-6-14-22(17)21(24)16(2)27-20(23)9-7-15-26-19-12-10-18(25-3)11-13-19/h10-13,16-17H,4-9,14-15H2,1-3H3. The summed E-state index contributed by atoms with van der Waals surface area (Å²) in [5, 5.41) is 0. The molecule has 1 aromatic carbocycles. The topological polar surface area (TPSA) is 65.1 Å². The van der Waals surface area contributed by atoms with Gasteiger partial charge in [-0.3, -0.25) is 9.59 Å². The van der Waals surface area contributed by atoms with Crippen LogP contribution < -0.4 is 9.47 Å². The Bertz CT molecular complexity index is 601.